The van der Waals surface area contributed by atoms with E-state index in [1.807, 2.05) is 6.07 Å². The van der Waals surface area contributed by atoms with Crippen molar-refractivity contribution >= 4 is 11.8 Å². The van der Waals surface area contributed by atoms with E-state index in [4.69, 9.17) is 5.73 Å². The summed E-state index contributed by atoms with van der Waals surface area (Å²) in [7, 11) is 0. The number of thioether (sulfide) groups is 1. The average Bonchev–Trinajstić information content (AvgIpc) is 2.84. The lowest BCUT2D eigenvalue weighted by atomic mass is 10.1. The van der Waals surface area contributed by atoms with Crippen LogP contribution in [0.25, 0.3) is 0 Å². The second-order valence-electron chi connectivity index (χ2n) is 3.91. The maximum absolute atomic E-state index is 5.49. The summed E-state index contributed by atoms with van der Waals surface area (Å²) in [5.41, 5.74) is 6.87. The SMILES string of the molecule is NCCn1nnnc1SCCCc1ccccc1. The highest BCUT2D eigenvalue weighted by atomic mass is 32.2. The summed E-state index contributed by atoms with van der Waals surface area (Å²) in [5, 5.41) is 12.4. The van der Waals surface area contributed by atoms with Crippen molar-refractivity contribution in [3.8, 4) is 0 Å². The Hall–Kier alpha value is -1.40. The molecule has 0 saturated heterocycles. The maximum atomic E-state index is 5.49. The van der Waals surface area contributed by atoms with E-state index >= 15 is 0 Å². The quantitative estimate of drug-likeness (QED) is 0.603. The summed E-state index contributed by atoms with van der Waals surface area (Å²) in [5.74, 6) is 1.01. The second-order valence-corrected chi connectivity index (χ2v) is 4.97. The van der Waals surface area contributed by atoms with E-state index in [0.717, 1.165) is 23.8 Å². The number of hydrogen-bond acceptors (Lipinski definition) is 5. The lowest BCUT2D eigenvalue weighted by Crippen LogP contribution is -2.12. The number of benzene rings is 1. The van der Waals surface area contributed by atoms with Gasteiger partial charge < -0.3 is 5.73 Å². The van der Waals surface area contributed by atoms with Crippen LogP contribution in [0.4, 0.5) is 0 Å². The molecule has 0 spiro atoms. The van der Waals surface area contributed by atoms with Crippen LogP contribution in [0, 0.1) is 0 Å². The summed E-state index contributed by atoms with van der Waals surface area (Å²) in [6, 6.07) is 10.5. The topological polar surface area (TPSA) is 69.6 Å². The third kappa shape index (κ3) is 3.82. The molecule has 2 rings (SSSR count). The predicted octanol–water partition coefficient (Wildman–Crippen LogP) is 1.36. The number of aromatic nitrogens is 4. The molecule has 0 amide bonds. The zero-order valence-corrected chi connectivity index (χ0v) is 11.0. The molecular formula is C12H17N5S. The van der Waals surface area contributed by atoms with Gasteiger partial charge in [0.1, 0.15) is 0 Å². The lowest BCUT2D eigenvalue weighted by molar-refractivity contribution is 0.557. The maximum Gasteiger partial charge on any atom is 0.209 e. The Balaban J connectivity index is 1.73. The highest BCUT2D eigenvalue weighted by Gasteiger charge is 2.05. The van der Waals surface area contributed by atoms with Crippen molar-refractivity contribution < 1.29 is 0 Å². The summed E-state index contributed by atoms with van der Waals surface area (Å²) in [4.78, 5) is 0. The van der Waals surface area contributed by atoms with Gasteiger partial charge in [-0.1, -0.05) is 42.1 Å². The van der Waals surface area contributed by atoms with Gasteiger partial charge in [-0.2, -0.15) is 0 Å². The third-order valence-corrected chi connectivity index (χ3v) is 3.57. The van der Waals surface area contributed by atoms with E-state index < -0.39 is 0 Å². The number of hydrogen-bond donors (Lipinski definition) is 1. The lowest BCUT2D eigenvalue weighted by Gasteiger charge is -2.02. The molecule has 5 nitrogen and oxygen atoms in total. The molecule has 6 heteroatoms. The molecule has 2 aromatic rings. The van der Waals surface area contributed by atoms with Crippen molar-refractivity contribution in [2.75, 3.05) is 12.3 Å². The molecule has 2 N–H and O–H groups in total. The van der Waals surface area contributed by atoms with Gasteiger partial charge in [0.15, 0.2) is 0 Å². The molecule has 1 heterocycles. The van der Waals surface area contributed by atoms with E-state index in [1.54, 1.807) is 16.4 Å². The number of nitrogens with zero attached hydrogens (tertiary/aromatic N) is 4. The molecule has 0 unspecified atom stereocenters. The van der Waals surface area contributed by atoms with Crippen molar-refractivity contribution in [1.29, 1.82) is 0 Å². The Morgan fingerprint density at radius 3 is 2.83 bits per heavy atom. The fourth-order valence-corrected chi connectivity index (χ4v) is 2.49. The predicted molar refractivity (Wildman–Crippen MR) is 72.4 cm³/mol. The minimum absolute atomic E-state index is 0.558. The third-order valence-electron chi connectivity index (χ3n) is 2.52. The zero-order chi connectivity index (χ0) is 12.6. The highest BCUT2D eigenvalue weighted by molar-refractivity contribution is 7.99. The molecular weight excluding hydrogens is 246 g/mol. The van der Waals surface area contributed by atoms with Crippen molar-refractivity contribution in [1.82, 2.24) is 20.2 Å². The standard InChI is InChI=1S/C12H17N5S/c13-8-9-17-12(14-15-16-17)18-10-4-7-11-5-2-1-3-6-11/h1-3,5-6H,4,7-10,13H2. The molecule has 96 valence electrons. The van der Waals surface area contributed by atoms with E-state index in [1.165, 1.54) is 5.56 Å². The Labute approximate surface area is 111 Å². The first kappa shape index (κ1) is 13.0. The Bertz CT molecular complexity index is 457. The van der Waals surface area contributed by atoms with Crippen molar-refractivity contribution in [3.05, 3.63) is 35.9 Å². The summed E-state index contributed by atoms with van der Waals surface area (Å²) >= 11 is 1.68. The monoisotopic (exact) mass is 263 g/mol. The Kier molecular flexibility index (Phi) is 5.16. The molecule has 0 aliphatic carbocycles. The van der Waals surface area contributed by atoms with E-state index in [0.29, 0.717) is 13.1 Å². The van der Waals surface area contributed by atoms with Crippen LogP contribution < -0.4 is 5.73 Å². The highest BCUT2D eigenvalue weighted by Crippen LogP contribution is 2.15. The van der Waals surface area contributed by atoms with Crippen LogP contribution in [-0.2, 0) is 13.0 Å². The molecule has 0 radical (unpaired) electrons. The largest absolute Gasteiger partial charge is 0.329 e. The minimum Gasteiger partial charge on any atom is -0.329 e. The van der Waals surface area contributed by atoms with Crippen molar-refractivity contribution in [3.63, 3.8) is 0 Å². The van der Waals surface area contributed by atoms with Gasteiger partial charge in [0.05, 0.1) is 6.54 Å². The van der Waals surface area contributed by atoms with E-state index in [-0.39, 0.29) is 0 Å². The average molecular weight is 263 g/mol. The number of rotatable bonds is 7. The molecule has 1 aromatic carbocycles. The van der Waals surface area contributed by atoms with Gasteiger partial charge in [0, 0.05) is 12.3 Å². The van der Waals surface area contributed by atoms with Crippen LogP contribution in [0.2, 0.25) is 0 Å². The number of nitrogens with two attached hydrogens (primary N) is 1. The van der Waals surface area contributed by atoms with E-state index in [9.17, 15) is 0 Å². The van der Waals surface area contributed by atoms with Gasteiger partial charge in [0.25, 0.3) is 0 Å². The van der Waals surface area contributed by atoms with Gasteiger partial charge in [-0.25, -0.2) is 4.68 Å². The summed E-state index contributed by atoms with van der Waals surface area (Å²) in [6.45, 7) is 1.23. The first-order chi connectivity index (χ1) is 8.90. The van der Waals surface area contributed by atoms with Crippen LogP contribution in [0.3, 0.4) is 0 Å². The number of aryl methyl sites for hydroxylation is 1. The Morgan fingerprint density at radius 1 is 1.22 bits per heavy atom. The normalized spacial score (nSPS) is 10.7. The fraction of sp³-hybridized carbons (Fsp3) is 0.417. The molecule has 0 bridgehead atoms. The van der Waals surface area contributed by atoms with Gasteiger partial charge in [0.2, 0.25) is 5.16 Å². The van der Waals surface area contributed by atoms with Crippen LogP contribution in [0.15, 0.2) is 35.5 Å². The molecule has 0 atom stereocenters. The molecule has 0 saturated carbocycles. The first-order valence-electron chi connectivity index (χ1n) is 6.03. The van der Waals surface area contributed by atoms with Crippen molar-refractivity contribution in [2.24, 2.45) is 5.73 Å². The molecule has 0 aliphatic rings. The second kappa shape index (κ2) is 7.13. The first-order valence-corrected chi connectivity index (χ1v) is 7.01. The minimum atomic E-state index is 0.558. The van der Waals surface area contributed by atoms with E-state index in [2.05, 4.69) is 39.8 Å². The molecule has 0 fully saturated rings. The summed E-state index contributed by atoms with van der Waals surface area (Å²) in [6.07, 6.45) is 2.20. The smallest absolute Gasteiger partial charge is 0.209 e. The molecule has 18 heavy (non-hydrogen) atoms. The van der Waals surface area contributed by atoms with Gasteiger partial charge in [-0.15, -0.1) is 5.10 Å². The van der Waals surface area contributed by atoms with Crippen molar-refractivity contribution in [2.45, 2.75) is 24.5 Å². The molecule has 0 aliphatic heterocycles. The Morgan fingerprint density at radius 2 is 2.06 bits per heavy atom. The van der Waals surface area contributed by atoms with Gasteiger partial charge in [-0.05, 0) is 28.8 Å². The van der Waals surface area contributed by atoms with Gasteiger partial charge >= 0.3 is 0 Å². The number of tetrazole rings is 1. The molecule has 1 aromatic heterocycles. The zero-order valence-electron chi connectivity index (χ0n) is 10.2. The van der Waals surface area contributed by atoms with Crippen LogP contribution in [0.5, 0.6) is 0 Å². The van der Waals surface area contributed by atoms with Crippen LogP contribution in [-0.4, -0.2) is 32.5 Å². The van der Waals surface area contributed by atoms with Gasteiger partial charge in [-0.3, -0.25) is 0 Å². The van der Waals surface area contributed by atoms with Crippen LogP contribution in [0.1, 0.15) is 12.0 Å². The summed E-state index contributed by atoms with van der Waals surface area (Å²) < 4.78 is 1.76. The fourth-order valence-electron chi connectivity index (χ4n) is 1.65. The van der Waals surface area contributed by atoms with Crippen LogP contribution >= 0.6 is 11.8 Å².